The number of hydrogen-bond donors (Lipinski definition) is 2. The Balaban J connectivity index is 1.84. The van der Waals surface area contributed by atoms with Crippen LogP contribution in [0, 0.1) is 5.92 Å². The van der Waals surface area contributed by atoms with E-state index in [1.165, 1.54) is 7.11 Å². The van der Waals surface area contributed by atoms with Gasteiger partial charge in [0.1, 0.15) is 5.69 Å². The molecule has 0 aliphatic carbocycles. The molecule has 7 heteroatoms. The summed E-state index contributed by atoms with van der Waals surface area (Å²) < 4.78 is 4.81. The maximum atomic E-state index is 12.5. The molecule has 0 radical (unpaired) electrons. The number of fused-ring (bicyclic) bond motifs is 1. The lowest BCUT2D eigenvalue weighted by Crippen LogP contribution is -2.38. The van der Waals surface area contributed by atoms with Gasteiger partial charge in [-0.3, -0.25) is 9.69 Å². The highest BCUT2D eigenvalue weighted by molar-refractivity contribution is 6.37. The van der Waals surface area contributed by atoms with Crippen LogP contribution in [0.25, 0.3) is 10.9 Å². The average Bonchev–Trinajstić information content (AvgIpc) is 2.96. The molecule has 1 saturated heterocycles. The maximum Gasteiger partial charge on any atom is 0.356 e. The Kier molecular flexibility index (Phi) is 5.30. The van der Waals surface area contributed by atoms with Crippen molar-refractivity contribution < 1.29 is 14.3 Å². The normalized spacial score (nSPS) is 16.1. The third-order valence-corrected chi connectivity index (χ3v) is 4.99. The largest absolute Gasteiger partial charge is 0.464 e. The monoisotopic (exact) mass is 363 g/mol. The number of carbonyl (C=O) groups is 2. The number of nitrogens with one attached hydrogen (secondary N) is 2. The zero-order valence-corrected chi connectivity index (χ0v) is 15.2. The average molecular weight is 364 g/mol. The van der Waals surface area contributed by atoms with Crippen LogP contribution in [0.5, 0.6) is 0 Å². The third kappa shape index (κ3) is 3.80. The Morgan fingerprint density at radius 3 is 2.76 bits per heavy atom. The summed E-state index contributed by atoms with van der Waals surface area (Å²) in [6.45, 7) is 4.35. The lowest BCUT2D eigenvalue weighted by molar-refractivity contribution is -0.117. The fourth-order valence-electron chi connectivity index (χ4n) is 3.19. The van der Waals surface area contributed by atoms with Gasteiger partial charge in [-0.2, -0.15) is 0 Å². The highest BCUT2D eigenvalue weighted by atomic mass is 35.5. The second-order valence-corrected chi connectivity index (χ2v) is 6.94. The van der Waals surface area contributed by atoms with E-state index in [9.17, 15) is 9.59 Å². The van der Waals surface area contributed by atoms with E-state index in [0.717, 1.165) is 25.9 Å². The summed E-state index contributed by atoms with van der Waals surface area (Å²) in [4.78, 5) is 29.7. The summed E-state index contributed by atoms with van der Waals surface area (Å²) in [5.41, 5.74) is 1.25. The van der Waals surface area contributed by atoms with Crippen LogP contribution >= 0.6 is 11.6 Å². The van der Waals surface area contributed by atoms with Crippen molar-refractivity contribution in [3.63, 3.8) is 0 Å². The van der Waals surface area contributed by atoms with Gasteiger partial charge in [-0.15, -0.1) is 0 Å². The predicted molar refractivity (Wildman–Crippen MR) is 98.1 cm³/mol. The van der Waals surface area contributed by atoms with Crippen LogP contribution < -0.4 is 5.32 Å². The van der Waals surface area contributed by atoms with Gasteiger partial charge in [-0.05, 0) is 44.0 Å². The van der Waals surface area contributed by atoms with E-state index in [1.807, 2.05) is 0 Å². The summed E-state index contributed by atoms with van der Waals surface area (Å²) in [6, 6.07) is 5.30. The van der Waals surface area contributed by atoms with Crippen molar-refractivity contribution in [2.45, 2.75) is 19.8 Å². The highest BCUT2D eigenvalue weighted by Crippen LogP contribution is 2.34. The van der Waals surface area contributed by atoms with E-state index in [-0.39, 0.29) is 11.6 Å². The van der Waals surface area contributed by atoms with Gasteiger partial charge in [0.05, 0.1) is 24.4 Å². The standard InChI is InChI=1S/C18H22ClN3O3/c1-11-6-8-22(9-7-11)10-14(23)21-16-15-12(19)4-3-5-13(15)20-17(16)18(24)25-2/h3-5,11,20H,6-10H2,1-2H3,(H,21,23). The molecule has 1 aliphatic rings. The van der Waals surface area contributed by atoms with Crippen molar-refractivity contribution in [2.75, 3.05) is 32.1 Å². The predicted octanol–water partition coefficient (Wildman–Crippen LogP) is 3.28. The Hall–Kier alpha value is -2.05. The molecule has 1 aliphatic heterocycles. The van der Waals surface area contributed by atoms with Crippen molar-refractivity contribution in [2.24, 2.45) is 5.92 Å². The number of nitrogens with zero attached hydrogens (tertiary/aromatic N) is 1. The maximum absolute atomic E-state index is 12.5. The number of aromatic amines is 1. The highest BCUT2D eigenvalue weighted by Gasteiger charge is 2.23. The molecule has 0 atom stereocenters. The van der Waals surface area contributed by atoms with Gasteiger partial charge in [0.15, 0.2) is 0 Å². The number of rotatable bonds is 4. The van der Waals surface area contributed by atoms with Crippen molar-refractivity contribution in [3.05, 3.63) is 28.9 Å². The molecule has 134 valence electrons. The summed E-state index contributed by atoms with van der Waals surface area (Å²) in [5, 5.41) is 3.93. The lowest BCUT2D eigenvalue weighted by Gasteiger charge is -2.29. The molecule has 3 rings (SSSR count). The number of anilines is 1. The van der Waals surface area contributed by atoms with Crippen molar-refractivity contribution in [1.29, 1.82) is 0 Å². The summed E-state index contributed by atoms with van der Waals surface area (Å²) >= 11 is 6.28. The van der Waals surface area contributed by atoms with Crippen LogP contribution in [-0.4, -0.2) is 48.5 Å². The number of esters is 1. The minimum atomic E-state index is -0.547. The number of methoxy groups -OCH3 is 1. The Labute approximate surface area is 151 Å². The zero-order valence-electron chi connectivity index (χ0n) is 14.4. The fraction of sp³-hybridized carbons (Fsp3) is 0.444. The molecule has 2 heterocycles. The van der Waals surface area contributed by atoms with E-state index in [1.54, 1.807) is 18.2 Å². The SMILES string of the molecule is COC(=O)c1[nH]c2cccc(Cl)c2c1NC(=O)CN1CCC(C)CC1. The van der Waals surface area contributed by atoms with E-state index in [2.05, 4.69) is 22.1 Å². The molecule has 6 nitrogen and oxygen atoms in total. The Morgan fingerprint density at radius 2 is 2.08 bits per heavy atom. The number of likely N-dealkylation sites (tertiary alicyclic amines) is 1. The smallest absolute Gasteiger partial charge is 0.356 e. The van der Waals surface area contributed by atoms with Gasteiger partial charge in [-0.25, -0.2) is 4.79 Å². The van der Waals surface area contributed by atoms with Gasteiger partial charge in [0.25, 0.3) is 0 Å². The lowest BCUT2D eigenvalue weighted by atomic mass is 9.99. The number of amides is 1. The second-order valence-electron chi connectivity index (χ2n) is 6.54. The molecule has 0 spiro atoms. The number of halogens is 1. The van der Waals surface area contributed by atoms with E-state index >= 15 is 0 Å². The zero-order chi connectivity index (χ0) is 18.0. The summed E-state index contributed by atoms with van der Waals surface area (Å²) in [5.74, 6) is -0.00690. The number of aromatic nitrogens is 1. The Morgan fingerprint density at radius 1 is 1.36 bits per heavy atom. The number of ether oxygens (including phenoxy) is 1. The van der Waals surface area contributed by atoms with Gasteiger partial charge in [0.2, 0.25) is 5.91 Å². The van der Waals surface area contributed by atoms with E-state index in [4.69, 9.17) is 16.3 Å². The minimum absolute atomic E-state index is 0.166. The van der Waals surface area contributed by atoms with Crippen LogP contribution in [0.4, 0.5) is 5.69 Å². The molecule has 0 unspecified atom stereocenters. The van der Waals surface area contributed by atoms with Gasteiger partial charge in [-0.1, -0.05) is 24.6 Å². The van der Waals surface area contributed by atoms with Crippen LogP contribution in [0.15, 0.2) is 18.2 Å². The first-order valence-electron chi connectivity index (χ1n) is 8.40. The molecular formula is C18H22ClN3O3. The molecule has 1 aromatic carbocycles. The van der Waals surface area contributed by atoms with Crippen molar-refractivity contribution in [1.82, 2.24) is 9.88 Å². The molecule has 1 aromatic heterocycles. The molecule has 1 fully saturated rings. The quantitative estimate of drug-likeness (QED) is 0.817. The Bertz CT molecular complexity index is 794. The number of piperidine rings is 1. The topological polar surface area (TPSA) is 74.4 Å². The van der Waals surface area contributed by atoms with E-state index in [0.29, 0.717) is 34.1 Å². The second kappa shape index (κ2) is 7.45. The molecule has 0 saturated carbocycles. The first-order valence-corrected chi connectivity index (χ1v) is 8.78. The molecule has 1 amide bonds. The first kappa shape index (κ1) is 17.8. The van der Waals surface area contributed by atoms with Crippen LogP contribution in [0.2, 0.25) is 5.02 Å². The van der Waals surface area contributed by atoms with Crippen LogP contribution in [-0.2, 0) is 9.53 Å². The number of benzene rings is 1. The van der Waals surface area contributed by atoms with Gasteiger partial charge >= 0.3 is 5.97 Å². The summed E-state index contributed by atoms with van der Waals surface area (Å²) in [7, 11) is 1.30. The molecule has 25 heavy (non-hydrogen) atoms. The number of H-pyrrole nitrogens is 1. The van der Waals surface area contributed by atoms with Crippen LogP contribution in [0.3, 0.4) is 0 Å². The number of carbonyl (C=O) groups excluding carboxylic acids is 2. The summed E-state index contributed by atoms with van der Waals surface area (Å²) in [6.07, 6.45) is 2.19. The van der Waals surface area contributed by atoms with Crippen LogP contribution in [0.1, 0.15) is 30.3 Å². The molecule has 2 aromatic rings. The fourth-order valence-corrected chi connectivity index (χ4v) is 3.46. The molecule has 2 N–H and O–H groups in total. The van der Waals surface area contributed by atoms with E-state index < -0.39 is 5.97 Å². The van der Waals surface area contributed by atoms with Gasteiger partial charge < -0.3 is 15.0 Å². The minimum Gasteiger partial charge on any atom is -0.464 e. The van der Waals surface area contributed by atoms with Crippen molar-refractivity contribution in [3.8, 4) is 0 Å². The molecule has 0 bridgehead atoms. The molecular weight excluding hydrogens is 342 g/mol. The first-order chi connectivity index (χ1) is 12.0. The number of hydrogen-bond acceptors (Lipinski definition) is 4. The van der Waals surface area contributed by atoms with Crippen molar-refractivity contribution >= 4 is 40.1 Å². The van der Waals surface area contributed by atoms with Gasteiger partial charge in [0, 0.05) is 10.9 Å². The third-order valence-electron chi connectivity index (χ3n) is 4.67.